The maximum Gasteiger partial charge on any atom is 0.215 e. The smallest absolute Gasteiger partial charge is 0.215 e. The second-order valence-electron chi connectivity index (χ2n) is 3.99. The fourth-order valence-corrected chi connectivity index (χ4v) is 2.55. The molecular weight excluding hydrogens is 240 g/mol. The van der Waals surface area contributed by atoms with E-state index in [1.807, 2.05) is 0 Å². The SMILES string of the molecule is CC(O)CCNS(=O)(=O)Cc1ccccc1N. The Labute approximate surface area is 102 Å². The topological polar surface area (TPSA) is 92.4 Å². The molecule has 1 aromatic carbocycles. The summed E-state index contributed by atoms with van der Waals surface area (Å²) in [5.41, 5.74) is 6.72. The summed E-state index contributed by atoms with van der Waals surface area (Å²) in [6.07, 6.45) is -0.122. The molecule has 1 rings (SSSR count). The molecule has 5 nitrogen and oxygen atoms in total. The monoisotopic (exact) mass is 258 g/mol. The second kappa shape index (κ2) is 6.00. The summed E-state index contributed by atoms with van der Waals surface area (Å²) in [5.74, 6) is -0.139. The van der Waals surface area contributed by atoms with Crippen molar-refractivity contribution in [1.29, 1.82) is 0 Å². The van der Waals surface area contributed by atoms with Gasteiger partial charge in [0, 0.05) is 12.2 Å². The lowest BCUT2D eigenvalue weighted by Crippen LogP contribution is -2.28. The van der Waals surface area contributed by atoms with Gasteiger partial charge in [-0.05, 0) is 25.0 Å². The van der Waals surface area contributed by atoms with E-state index in [1.54, 1.807) is 31.2 Å². The number of nitrogen functional groups attached to an aromatic ring is 1. The predicted octanol–water partition coefficient (Wildman–Crippen LogP) is 0.459. The van der Waals surface area contributed by atoms with Gasteiger partial charge >= 0.3 is 0 Å². The van der Waals surface area contributed by atoms with Gasteiger partial charge < -0.3 is 10.8 Å². The highest BCUT2D eigenvalue weighted by atomic mass is 32.2. The predicted molar refractivity (Wildman–Crippen MR) is 67.8 cm³/mol. The number of aliphatic hydroxyl groups excluding tert-OH is 1. The third-order valence-corrected chi connectivity index (χ3v) is 3.62. The first-order chi connectivity index (χ1) is 7.91. The fourth-order valence-electron chi connectivity index (χ4n) is 1.34. The molecule has 0 amide bonds. The van der Waals surface area contributed by atoms with Gasteiger partial charge in [0.05, 0.1) is 11.9 Å². The van der Waals surface area contributed by atoms with Gasteiger partial charge in [-0.15, -0.1) is 0 Å². The van der Waals surface area contributed by atoms with Crippen LogP contribution in [0.25, 0.3) is 0 Å². The second-order valence-corrected chi connectivity index (χ2v) is 5.80. The van der Waals surface area contributed by atoms with Crippen LogP contribution in [0, 0.1) is 0 Å². The van der Waals surface area contributed by atoms with E-state index in [2.05, 4.69) is 4.72 Å². The molecule has 0 heterocycles. The van der Waals surface area contributed by atoms with Crippen LogP contribution in [0.3, 0.4) is 0 Å². The third-order valence-electron chi connectivity index (χ3n) is 2.28. The van der Waals surface area contributed by atoms with Crippen LogP contribution in [0.15, 0.2) is 24.3 Å². The highest BCUT2D eigenvalue weighted by Crippen LogP contribution is 2.13. The van der Waals surface area contributed by atoms with Crippen molar-refractivity contribution in [3.05, 3.63) is 29.8 Å². The van der Waals surface area contributed by atoms with Crippen LogP contribution in [0.2, 0.25) is 0 Å². The maximum absolute atomic E-state index is 11.7. The lowest BCUT2D eigenvalue weighted by Gasteiger charge is -2.09. The van der Waals surface area contributed by atoms with Crippen molar-refractivity contribution in [2.45, 2.75) is 25.2 Å². The van der Waals surface area contributed by atoms with Gasteiger partial charge in [-0.1, -0.05) is 18.2 Å². The number of para-hydroxylation sites is 1. The Morgan fingerprint density at radius 2 is 2.06 bits per heavy atom. The molecule has 1 atom stereocenters. The first kappa shape index (κ1) is 14.0. The molecule has 17 heavy (non-hydrogen) atoms. The van der Waals surface area contributed by atoms with Gasteiger partial charge in [-0.25, -0.2) is 13.1 Å². The zero-order valence-electron chi connectivity index (χ0n) is 9.76. The lowest BCUT2D eigenvalue weighted by molar-refractivity contribution is 0.186. The zero-order valence-corrected chi connectivity index (χ0v) is 10.6. The first-order valence-corrected chi connectivity index (χ1v) is 7.05. The molecule has 0 spiro atoms. The summed E-state index contributed by atoms with van der Waals surface area (Å²) in [5, 5.41) is 9.03. The van der Waals surface area contributed by atoms with E-state index in [0.717, 1.165) is 0 Å². The van der Waals surface area contributed by atoms with E-state index in [0.29, 0.717) is 17.7 Å². The number of aliphatic hydroxyl groups is 1. The van der Waals surface area contributed by atoms with Crippen molar-refractivity contribution in [3.8, 4) is 0 Å². The molecule has 96 valence electrons. The quantitative estimate of drug-likeness (QED) is 0.646. The fraction of sp³-hybridized carbons (Fsp3) is 0.455. The van der Waals surface area contributed by atoms with E-state index in [4.69, 9.17) is 10.8 Å². The Bertz CT molecular complexity index is 458. The molecule has 0 fully saturated rings. The van der Waals surface area contributed by atoms with E-state index >= 15 is 0 Å². The van der Waals surface area contributed by atoms with Crippen LogP contribution in [-0.4, -0.2) is 26.2 Å². The summed E-state index contributed by atoms with van der Waals surface area (Å²) in [6.45, 7) is 1.84. The summed E-state index contributed by atoms with van der Waals surface area (Å²) < 4.78 is 25.8. The maximum atomic E-state index is 11.7. The van der Waals surface area contributed by atoms with Crippen LogP contribution < -0.4 is 10.5 Å². The summed E-state index contributed by atoms with van der Waals surface area (Å²) in [4.78, 5) is 0. The molecule has 0 aromatic heterocycles. The summed E-state index contributed by atoms with van der Waals surface area (Å²) in [6, 6.07) is 6.85. The molecule has 0 radical (unpaired) electrons. The number of nitrogens with two attached hydrogens (primary N) is 1. The third kappa shape index (κ3) is 5.16. The van der Waals surface area contributed by atoms with Gasteiger partial charge in [-0.2, -0.15) is 0 Å². The standard InChI is InChI=1S/C11H18N2O3S/c1-9(14)6-7-13-17(15,16)8-10-4-2-3-5-11(10)12/h2-5,9,13-14H,6-8,12H2,1H3. The first-order valence-electron chi connectivity index (χ1n) is 5.39. The van der Waals surface area contributed by atoms with Crippen molar-refractivity contribution in [2.75, 3.05) is 12.3 Å². The van der Waals surface area contributed by atoms with Gasteiger partial charge in [0.15, 0.2) is 0 Å². The van der Waals surface area contributed by atoms with Crippen molar-refractivity contribution in [1.82, 2.24) is 4.72 Å². The molecule has 0 saturated heterocycles. The molecule has 0 aliphatic heterocycles. The molecule has 0 aliphatic rings. The van der Waals surface area contributed by atoms with Crippen LogP contribution in [0.4, 0.5) is 5.69 Å². The van der Waals surface area contributed by atoms with Crippen molar-refractivity contribution < 1.29 is 13.5 Å². The Morgan fingerprint density at radius 1 is 1.41 bits per heavy atom. The van der Waals surface area contributed by atoms with Gasteiger partial charge in [-0.3, -0.25) is 0 Å². The lowest BCUT2D eigenvalue weighted by atomic mass is 10.2. The van der Waals surface area contributed by atoms with Crippen molar-refractivity contribution in [3.63, 3.8) is 0 Å². The molecule has 0 saturated carbocycles. The average Bonchev–Trinajstić information content (AvgIpc) is 2.20. The van der Waals surface area contributed by atoms with Crippen molar-refractivity contribution >= 4 is 15.7 Å². The van der Waals surface area contributed by atoms with E-state index in [-0.39, 0.29) is 12.3 Å². The van der Waals surface area contributed by atoms with E-state index in [9.17, 15) is 8.42 Å². The van der Waals surface area contributed by atoms with Crippen molar-refractivity contribution in [2.24, 2.45) is 0 Å². The number of nitrogens with one attached hydrogen (secondary N) is 1. The molecule has 1 unspecified atom stereocenters. The number of hydrogen-bond donors (Lipinski definition) is 3. The minimum absolute atomic E-state index is 0.139. The molecule has 0 bridgehead atoms. The largest absolute Gasteiger partial charge is 0.398 e. The Kier molecular flexibility index (Phi) is 4.92. The molecule has 1 aromatic rings. The molecular formula is C11H18N2O3S. The number of anilines is 1. The number of benzene rings is 1. The number of hydrogen-bond acceptors (Lipinski definition) is 4. The normalized spacial score (nSPS) is 13.5. The average molecular weight is 258 g/mol. The van der Waals surface area contributed by atoms with E-state index in [1.165, 1.54) is 0 Å². The molecule has 0 aliphatic carbocycles. The Balaban J connectivity index is 2.58. The molecule has 6 heteroatoms. The molecule has 4 N–H and O–H groups in total. The Hall–Kier alpha value is -1.11. The number of rotatable bonds is 6. The summed E-state index contributed by atoms with van der Waals surface area (Å²) >= 11 is 0. The highest BCUT2D eigenvalue weighted by molar-refractivity contribution is 7.88. The minimum atomic E-state index is -3.39. The van der Waals surface area contributed by atoms with Crippen LogP contribution in [0.1, 0.15) is 18.9 Å². The zero-order chi connectivity index (χ0) is 12.9. The van der Waals surface area contributed by atoms with Crippen LogP contribution in [0.5, 0.6) is 0 Å². The number of sulfonamides is 1. The van der Waals surface area contributed by atoms with Gasteiger partial charge in [0.1, 0.15) is 0 Å². The van der Waals surface area contributed by atoms with Crippen LogP contribution >= 0.6 is 0 Å². The van der Waals surface area contributed by atoms with Gasteiger partial charge in [0.25, 0.3) is 0 Å². The summed E-state index contributed by atoms with van der Waals surface area (Å²) in [7, 11) is -3.39. The van der Waals surface area contributed by atoms with Gasteiger partial charge in [0.2, 0.25) is 10.0 Å². The van der Waals surface area contributed by atoms with E-state index < -0.39 is 16.1 Å². The van der Waals surface area contributed by atoms with Crippen LogP contribution in [-0.2, 0) is 15.8 Å². The minimum Gasteiger partial charge on any atom is -0.398 e. The highest BCUT2D eigenvalue weighted by Gasteiger charge is 2.12. The Morgan fingerprint density at radius 3 is 2.65 bits per heavy atom.